The van der Waals surface area contributed by atoms with Gasteiger partial charge in [0, 0.05) is 37.5 Å². The lowest BCUT2D eigenvalue weighted by Gasteiger charge is -2.36. The molecular weight excluding hydrogens is 443 g/mol. The maximum atomic E-state index is 15.9. The SMILES string of the molecule is CCc1cc(O)ccc1C1CCC2C(c3ncc(C4=CCN(C5CCCNC5)C4)[nH]3)NNC2C1F. The molecule has 188 valence electrons. The van der Waals surface area contributed by atoms with Crippen LogP contribution in [0.1, 0.15) is 67.2 Å². The van der Waals surface area contributed by atoms with Gasteiger partial charge in [-0.3, -0.25) is 10.3 Å². The number of alkyl halides is 1. The van der Waals surface area contributed by atoms with Crippen LogP contribution in [0.3, 0.4) is 0 Å². The number of nitrogens with one attached hydrogen (secondary N) is 4. The van der Waals surface area contributed by atoms with Crippen LogP contribution in [-0.4, -0.2) is 64.4 Å². The molecule has 35 heavy (non-hydrogen) atoms. The van der Waals surface area contributed by atoms with E-state index in [-0.39, 0.29) is 29.7 Å². The average Bonchev–Trinajstić information content (AvgIpc) is 3.64. The van der Waals surface area contributed by atoms with Gasteiger partial charge in [-0.1, -0.05) is 19.1 Å². The van der Waals surface area contributed by atoms with Gasteiger partial charge in [0.1, 0.15) is 17.7 Å². The van der Waals surface area contributed by atoms with Gasteiger partial charge in [0.15, 0.2) is 0 Å². The van der Waals surface area contributed by atoms with E-state index in [0.29, 0.717) is 6.04 Å². The van der Waals surface area contributed by atoms with Gasteiger partial charge in [-0.15, -0.1) is 0 Å². The molecule has 0 bridgehead atoms. The molecule has 8 heteroatoms. The van der Waals surface area contributed by atoms with Gasteiger partial charge in [0.05, 0.1) is 24.0 Å². The molecule has 7 nitrogen and oxygen atoms in total. The highest BCUT2D eigenvalue weighted by molar-refractivity contribution is 5.66. The molecule has 1 aromatic heterocycles. The standard InChI is InChI=1S/C27H37FN6O/c1-2-16-12-19(35)5-6-20(16)21-7-8-22-25(24(21)28)32-33-26(22)27-30-14-23(31-27)17-9-11-34(15-17)18-4-3-10-29-13-18/h5-6,9,12,14,18,21-22,24-26,29,32-33,35H,2-4,7-8,10-11,13,15H2,1H3,(H,30,31). The molecule has 1 saturated carbocycles. The molecule has 6 rings (SSSR count). The van der Waals surface area contributed by atoms with Gasteiger partial charge in [-0.2, -0.15) is 0 Å². The second-order valence-electron chi connectivity index (χ2n) is 10.7. The summed E-state index contributed by atoms with van der Waals surface area (Å²) in [6.45, 7) is 6.21. The molecule has 0 amide bonds. The molecule has 2 aromatic rings. The number of fused-ring (bicyclic) bond motifs is 1. The summed E-state index contributed by atoms with van der Waals surface area (Å²) in [5.41, 5.74) is 11.1. The number of aromatic amines is 1. The van der Waals surface area contributed by atoms with Crippen molar-refractivity contribution in [2.75, 3.05) is 26.2 Å². The molecule has 1 aromatic carbocycles. The predicted octanol–water partition coefficient (Wildman–Crippen LogP) is 3.18. The van der Waals surface area contributed by atoms with Crippen molar-refractivity contribution in [2.24, 2.45) is 5.92 Å². The highest BCUT2D eigenvalue weighted by Crippen LogP contribution is 2.45. The second-order valence-corrected chi connectivity index (χ2v) is 10.7. The van der Waals surface area contributed by atoms with E-state index >= 15 is 4.39 Å². The summed E-state index contributed by atoms with van der Waals surface area (Å²) < 4.78 is 15.9. The van der Waals surface area contributed by atoms with Crippen molar-refractivity contribution < 1.29 is 9.50 Å². The number of phenols is 1. The molecule has 3 fully saturated rings. The number of aromatic hydroxyl groups is 1. The van der Waals surface area contributed by atoms with Gasteiger partial charge >= 0.3 is 0 Å². The third kappa shape index (κ3) is 4.31. The Labute approximate surface area is 206 Å². The van der Waals surface area contributed by atoms with E-state index < -0.39 is 6.17 Å². The number of hydrogen-bond donors (Lipinski definition) is 5. The summed E-state index contributed by atoms with van der Waals surface area (Å²) in [6, 6.07) is 5.70. The van der Waals surface area contributed by atoms with Crippen molar-refractivity contribution in [3.63, 3.8) is 0 Å². The van der Waals surface area contributed by atoms with Gasteiger partial charge in [-0.25, -0.2) is 14.8 Å². The zero-order valence-electron chi connectivity index (χ0n) is 20.4. The monoisotopic (exact) mass is 480 g/mol. The molecule has 0 spiro atoms. The zero-order chi connectivity index (χ0) is 23.9. The number of rotatable bonds is 5. The minimum absolute atomic E-state index is 0.0286. The van der Waals surface area contributed by atoms with Gasteiger partial charge in [0.2, 0.25) is 0 Å². The number of aromatic nitrogens is 2. The lowest BCUT2D eigenvalue weighted by molar-refractivity contribution is 0.135. The number of benzene rings is 1. The van der Waals surface area contributed by atoms with E-state index in [1.807, 2.05) is 12.3 Å². The lowest BCUT2D eigenvalue weighted by atomic mass is 9.71. The summed E-state index contributed by atoms with van der Waals surface area (Å²) in [4.78, 5) is 10.8. The van der Waals surface area contributed by atoms with E-state index in [1.165, 1.54) is 18.4 Å². The lowest BCUT2D eigenvalue weighted by Crippen LogP contribution is -2.45. The first-order valence-electron chi connectivity index (χ1n) is 13.3. The average molecular weight is 481 g/mol. The quantitative estimate of drug-likeness (QED) is 0.452. The predicted molar refractivity (Wildman–Crippen MR) is 135 cm³/mol. The number of phenolic OH excluding ortho intramolecular Hbond substituents is 1. The Hall–Kier alpha value is -2.26. The minimum Gasteiger partial charge on any atom is -0.508 e. The molecule has 0 radical (unpaired) electrons. The summed E-state index contributed by atoms with van der Waals surface area (Å²) in [5.74, 6) is 1.13. The molecule has 2 saturated heterocycles. The maximum absolute atomic E-state index is 15.9. The van der Waals surface area contributed by atoms with Gasteiger partial charge in [-0.05, 0) is 67.5 Å². The third-order valence-corrected chi connectivity index (χ3v) is 8.71. The van der Waals surface area contributed by atoms with Crippen molar-refractivity contribution in [1.82, 2.24) is 31.0 Å². The molecule has 3 aliphatic heterocycles. The van der Waals surface area contributed by atoms with E-state index in [1.54, 1.807) is 12.1 Å². The Morgan fingerprint density at radius 1 is 1.20 bits per heavy atom. The van der Waals surface area contributed by atoms with Crippen LogP contribution < -0.4 is 16.2 Å². The Kier molecular flexibility index (Phi) is 6.39. The molecule has 6 unspecified atom stereocenters. The number of imidazole rings is 1. The van der Waals surface area contributed by atoms with Crippen LogP contribution in [0.25, 0.3) is 5.57 Å². The van der Waals surface area contributed by atoms with E-state index in [0.717, 1.165) is 68.1 Å². The number of piperidine rings is 1. The van der Waals surface area contributed by atoms with Crippen molar-refractivity contribution in [2.45, 2.75) is 69.2 Å². The highest BCUT2D eigenvalue weighted by Gasteiger charge is 2.48. The summed E-state index contributed by atoms with van der Waals surface area (Å²) in [7, 11) is 0. The Bertz CT molecular complexity index is 1080. The molecular formula is C27H37FN6O. The minimum atomic E-state index is -0.995. The van der Waals surface area contributed by atoms with Crippen molar-refractivity contribution in [3.8, 4) is 5.75 Å². The fourth-order valence-electron chi connectivity index (χ4n) is 6.76. The third-order valence-electron chi connectivity index (χ3n) is 8.71. The molecule has 5 N–H and O–H groups in total. The number of aryl methyl sites for hydroxylation is 1. The van der Waals surface area contributed by atoms with Crippen LogP contribution in [0.5, 0.6) is 5.75 Å². The summed E-state index contributed by atoms with van der Waals surface area (Å²) in [5, 5.41) is 13.4. The largest absolute Gasteiger partial charge is 0.508 e. The number of hydrazine groups is 1. The van der Waals surface area contributed by atoms with Crippen LogP contribution in [0, 0.1) is 5.92 Å². The van der Waals surface area contributed by atoms with Gasteiger partial charge < -0.3 is 15.4 Å². The van der Waals surface area contributed by atoms with Crippen LogP contribution in [-0.2, 0) is 6.42 Å². The molecule has 6 atom stereocenters. The Morgan fingerprint density at radius 2 is 2.11 bits per heavy atom. The van der Waals surface area contributed by atoms with Crippen molar-refractivity contribution in [3.05, 3.63) is 53.1 Å². The first-order valence-corrected chi connectivity index (χ1v) is 13.3. The smallest absolute Gasteiger partial charge is 0.125 e. The molecule has 1 aliphatic carbocycles. The van der Waals surface area contributed by atoms with Crippen LogP contribution >= 0.6 is 0 Å². The highest BCUT2D eigenvalue weighted by atomic mass is 19.1. The van der Waals surface area contributed by atoms with Crippen LogP contribution in [0.4, 0.5) is 4.39 Å². The first kappa shape index (κ1) is 23.2. The summed E-state index contributed by atoms with van der Waals surface area (Å²) in [6.07, 6.45) is 8.28. The normalized spacial score (nSPS) is 33.6. The van der Waals surface area contributed by atoms with E-state index in [2.05, 4.69) is 39.1 Å². The fraction of sp³-hybridized carbons (Fsp3) is 0.593. The Balaban J connectivity index is 1.13. The van der Waals surface area contributed by atoms with Crippen molar-refractivity contribution in [1.29, 1.82) is 0 Å². The van der Waals surface area contributed by atoms with Crippen molar-refractivity contribution >= 4 is 5.57 Å². The van der Waals surface area contributed by atoms with Crippen LogP contribution in [0.15, 0.2) is 30.5 Å². The number of hydrogen-bond acceptors (Lipinski definition) is 6. The molecule has 4 heterocycles. The van der Waals surface area contributed by atoms with E-state index in [4.69, 9.17) is 4.98 Å². The first-order chi connectivity index (χ1) is 17.1. The second kappa shape index (κ2) is 9.65. The number of halogens is 1. The summed E-state index contributed by atoms with van der Waals surface area (Å²) >= 11 is 0. The topological polar surface area (TPSA) is 88.2 Å². The zero-order valence-corrected chi connectivity index (χ0v) is 20.4. The van der Waals surface area contributed by atoms with Gasteiger partial charge in [0.25, 0.3) is 0 Å². The number of nitrogens with zero attached hydrogens (tertiary/aromatic N) is 2. The van der Waals surface area contributed by atoms with Crippen LogP contribution in [0.2, 0.25) is 0 Å². The maximum Gasteiger partial charge on any atom is 0.125 e. The Morgan fingerprint density at radius 3 is 2.94 bits per heavy atom. The fourth-order valence-corrected chi connectivity index (χ4v) is 6.76. The number of H-pyrrole nitrogens is 1. The van der Waals surface area contributed by atoms with E-state index in [9.17, 15) is 5.11 Å². The molecule has 4 aliphatic rings.